The molecule has 0 unspecified atom stereocenters. The third-order valence-corrected chi connectivity index (χ3v) is 6.07. The second-order valence-corrected chi connectivity index (χ2v) is 7.79. The van der Waals surface area contributed by atoms with Gasteiger partial charge in [-0.15, -0.1) is 0 Å². The Labute approximate surface area is 165 Å². The molecular weight excluding hydrogens is 360 g/mol. The molecule has 1 spiro atoms. The number of carbonyl (C=O) groups excluding carboxylic acids is 1. The number of aromatic nitrogens is 2. The molecule has 2 fully saturated rings. The smallest absolute Gasteiger partial charge is 0.356 e. The van der Waals surface area contributed by atoms with Crippen LogP contribution in [0.1, 0.15) is 56.4 Å². The van der Waals surface area contributed by atoms with Crippen molar-refractivity contribution in [3.63, 3.8) is 0 Å². The van der Waals surface area contributed by atoms with E-state index in [1.807, 2.05) is 9.80 Å². The Morgan fingerprint density at radius 1 is 1.25 bits per heavy atom. The molecular formula is C20H30N4O4. The fraction of sp³-hybridized carbons (Fsp3) is 0.700. The zero-order valence-corrected chi connectivity index (χ0v) is 16.8. The van der Waals surface area contributed by atoms with Gasteiger partial charge < -0.3 is 19.6 Å². The first kappa shape index (κ1) is 20.5. The van der Waals surface area contributed by atoms with E-state index in [1.54, 1.807) is 6.20 Å². The van der Waals surface area contributed by atoms with Gasteiger partial charge in [-0.25, -0.2) is 9.78 Å². The summed E-state index contributed by atoms with van der Waals surface area (Å²) in [7, 11) is 0. The fourth-order valence-corrected chi connectivity index (χ4v) is 4.06. The Hall–Kier alpha value is -2.22. The van der Waals surface area contributed by atoms with Gasteiger partial charge in [0, 0.05) is 26.2 Å². The van der Waals surface area contributed by atoms with Crippen LogP contribution in [0.15, 0.2) is 12.4 Å². The molecule has 0 saturated carbocycles. The Kier molecular flexibility index (Phi) is 6.49. The number of anilines is 1. The number of carboxylic acid groups (broad SMARTS) is 1. The number of carboxylic acids is 1. The number of amides is 1. The molecule has 8 nitrogen and oxygen atoms in total. The van der Waals surface area contributed by atoms with E-state index in [2.05, 4.69) is 23.8 Å². The fourth-order valence-electron chi connectivity index (χ4n) is 4.06. The standard InChI is InChI=1S/C20H30N4O4/c1-3-15(4-2)14-24-9-10-28-20(11-18(24)25)5-7-23(8-6-20)17-13-21-12-16(22-17)19(26)27/h12-13,15H,3-11,14H2,1-2H3,(H,26,27). The molecule has 1 N–H and O–H groups in total. The monoisotopic (exact) mass is 390 g/mol. The van der Waals surface area contributed by atoms with Crippen LogP contribution in [0.25, 0.3) is 0 Å². The van der Waals surface area contributed by atoms with E-state index in [0.29, 0.717) is 44.4 Å². The van der Waals surface area contributed by atoms with Crippen molar-refractivity contribution in [2.75, 3.05) is 37.7 Å². The molecule has 1 aromatic heterocycles. The second-order valence-electron chi connectivity index (χ2n) is 7.79. The molecule has 3 rings (SSSR count). The largest absolute Gasteiger partial charge is 0.476 e. The molecule has 2 aliphatic rings. The van der Waals surface area contributed by atoms with Crippen molar-refractivity contribution in [3.8, 4) is 0 Å². The lowest BCUT2D eigenvalue weighted by Crippen LogP contribution is -2.47. The van der Waals surface area contributed by atoms with E-state index in [1.165, 1.54) is 6.20 Å². The highest BCUT2D eigenvalue weighted by molar-refractivity contribution is 5.85. The summed E-state index contributed by atoms with van der Waals surface area (Å²) < 4.78 is 6.21. The Morgan fingerprint density at radius 2 is 1.96 bits per heavy atom. The van der Waals surface area contributed by atoms with Crippen molar-refractivity contribution in [2.24, 2.45) is 5.92 Å². The summed E-state index contributed by atoms with van der Waals surface area (Å²) in [6, 6.07) is 0. The van der Waals surface area contributed by atoms with E-state index in [0.717, 1.165) is 32.2 Å². The van der Waals surface area contributed by atoms with Crippen LogP contribution in [-0.4, -0.2) is 70.2 Å². The molecule has 0 atom stereocenters. The first-order valence-electron chi connectivity index (χ1n) is 10.2. The molecule has 0 bridgehead atoms. The number of ether oxygens (including phenoxy) is 1. The van der Waals surface area contributed by atoms with Crippen LogP contribution in [0.2, 0.25) is 0 Å². The minimum atomic E-state index is -1.09. The summed E-state index contributed by atoms with van der Waals surface area (Å²) in [4.78, 5) is 36.1. The first-order chi connectivity index (χ1) is 13.5. The van der Waals surface area contributed by atoms with Gasteiger partial charge in [0.2, 0.25) is 5.91 Å². The van der Waals surface area contributed by atoms with Crippen molar-refractivity contribution < 1.29 is 19.4 Å². The van der Waals surface area contributed by atoms with Gasteiger partial charge in [0.15, 0.2) is 5.69 Å². The van der Waals surface area contributed by atoms with Gasteiger partial charge in [-0.3, -0.25) is 9.78 Å². The summed E-state index contributed by atoms with van der Waals surface area (Å²) in [6.45, 7) is 7.72. The van der Waals surface area contributed by atoms with E-state index in [9.17, 15) is 9.59 Å². The topological polar surface area (TPSA) is 95.9 Å². The van der Waals surface area contributed by atoms with Gasteiger partial charge in [-0.2, -0.15) is 0 Å². The number of hydrogen-bond acceptors (Lipinski definition) is 6. The van der Waals surface area contributed by atoms with Crippen molar-refractivity contribution in [1.29, 1.82) is 0 Å². The van der Waals surface area contributed by atoms with Crippen LogP contribution in [0.4, 0.5) is 5.82 Å². The minimum Gasteiger partial charge on any atom is -0.476 e. The van der Waals surface area contributed by atoms with E-state index >= 15 is 0 Å². The highest BCUT2D eigenvalue weighted by atomic mass is 16.5. The van der Waals surface area contributed by atoms with Crippen molar-refractivity contribution in [3.05, 3.63) is 18.1 Å². The first-order valence-corrected chi connectivity index (χ1v) is 10.2. The van der Waals surface area contributed by atoms with E-state index in [-0.39, 0.29) is 11.6 Å². The maximum absolute atomic E-state index is 12.9. The summed E-state index contributed by atoms with van der Waals surface area (Å²) in [5, 5.41) is 9.11. The average Bonchev–Trinajstić information content (AvgIpc) is 2.85. The van der Waals surface area contributed by atoms with Crippen LogP contribution >= 0.6 is 0 Å². The zero-order valence-electron chi connectivity index (χ0n) is 16.8. The third kappa shape index (κ3) is 4.60. The van der Waals surface area contributed by atoms with Gasteiger partial charge in [-0.1, -0.05) is 26.7 Å². The molecule has 1 aromatic rings. The molecule has 0 aliphatic carbocycles. The lowest BCUT2D eigenvalue weighted by molar-refractivity contribution is -0.134. The van der Waals surface area contributed by atoms with E-state index < -0.39 is 11.6 Å². The van der Waals surface area contributed by atoms with Crippen molar-refractivity contribution in [2.45, 2.75) is 51.6 Å². The predicted molar refractivity (Wildman–Crippen MR) is 104 cm³/mol. The van der Waals surface area contributed by atoms with Gasteiger partial charge in [0.25, 0.3) is 0 Å². The maximum Gasteiger partial charge on any atom is 0.356 e. The SMILES string of the molecule is CCC(CC)CN1CCOC2(CCN(c3cncc(C(=O)O)n3)CC2)CC1=O. The zero-order chi connectivity index (χ0) is 20.1. The minimum absolute atomic E-state index is 0.0595. The number of piperidine rings is 1. The maximum atomic E-state index is 12.9. The number of aromatic carboxylic acids is 1. The molecule has 154 valence electrons. The van der Waals surface area contributed by atoms with Crippen LogP contribution in [0.3, 0.4) is 0 Å². The summed E-state index contributed by atoms with van der Waals surface area (Å²) in [6.07, 6.45) is 6.85. The molecule has 2 aliphatic heterocycles. The van der Waals surface area contributed by atoms with Gasteiger partial charge in [-0.05, 0) is 18.8 Å². The van der Waals surface area contributed by atoms with Gasteiger partial charge >= 0.3 is 5.97 Å². The number of nitrogens with zero attached hydrogens (tertiary/aromatic N) is 4. The average molecular weight is 390 g/mol. The summed E-state index contributed by atoms with van der Waals surface area (Å²) >= 11 is 0. The van der Waals surface area contributed by atoms with Crippen molar-refractivity contribution >= 4 is 17.7 Å². The summed E-state index contributed by atoms with van der Waals surface area (Å²) in [5.41, 5.74) is -0.482. The van der Waals surface area contributed by atoms with Crippen LogP contribution < -0.4 is 4.90 Å². The predicted octanol–water partition coefficient (Wildman–Crippen LogP) is 2.20. The quantitative estimate of drug-likeness (QED) is 0.795. The molecule has 8 heteroatoms. The lowest BCUT2D eigenvalue weighted by Gasteiger charge is -2.40. The molecule has 3 heterocycles. The highest BCUT2D eigenvalue weighted by Gasteiger charge is 2.41. The Balaban J connectivity index is 1.62. The highest BCUT2D eigenvalue weighted by Crippen LogP contribution is 2.34. The second kappa shape index (κ2) is 8.86. The Bertz CT molecular complexity index is 699. The summed E-state index contributed by atoms with van der Waals surface area (Å²) in [5.74, 6) is 0.202. The number of carbonyl (C=O) groups is 2. The van der Waals surface area contributed by atoms with Crippen molar-refractivity contribution in [1.82, 2.24) is 14.9 Å². The van der Waals surface area contributed by atoms with Crippen LogP contribution in [0, 0.1) is 5.92 Å². The Morgan fingerprint density at radius 3 is 2.61 bits per heavy atom. The number of rotatable bonds is 6. The third-order valence-electron chi connectivity index (χ3n) is 6.07. The van der Waals surface area contributed by atoms with Crippen LogP contribution in [0.5, 0.6) is 0 Å². The van der Waals surface area contributed by atoms with Crippen LogP contribution in [-0.2, 0) is 9.53 Å². The van der Waals surface area contributed by atoms with Gasteiger partial charge in [0.1, 0.15) is 5.82 Å². The van der Waals surface area contributed by atoms with E-state index in [4.69, 9.17) is 9.84 Å². The number of hydrogen-bond donors (Lipinski definition) is 1. The lowest BCUT2D eigenvalue weighted by atomic mass is 9.87. The molecule has 0 radical (unpaired) electrons. The molecule has 2 saturated heterocycles. The molecule has 1 amide bonds. The molecule has 0 aromatic carbocycles. The normalized spacial score (nSPS) is 19.9. The van der Waals surface area contributed by atoms with Gasteiger partial charge in [0.05, 0.1) is 31.0 Å². The molecule has 28 heavy (non-hydrogen) atoms.